The number of aromatic amines is 3. The lowest BCUT2D eigenvalue weighted by Crippen LogP contribution is -2.28. The quantitative estimate of drug-likeness (QED) is 0.0950. The standard InChI is InChI=1S/C27H26N4O2.C25H20F3N5O2/c1-4-21-22(19-11-20(13-28-12-19)25(32)27(33)31(2)3)14-29-26-24(21)23(15-30-26)18-9-8-16-6-5-7-17(16)10-18;1-33(2)24(35)22(34)16-8-15(9-29-10-16)18-12-32-23-20(21(18)25(26,27)28)17(11-31-23)13-3-4-19-14(7-13)5-6-30-19/h5,7-15,25,32H,4,6H2,1-3H3,(H,29,30);3-12,22,30,34H,1-2H3,(H,31,32). The van der Waals surface area contributed by atoms with Crippen LogP contribution >= 0.6 is 0 Å². The summed E-state index contributed by atoms with van der Waals surface area (Å²) in [5, 5.41) is 22.8. The Balaban J connectivity index is 0.000000170. The second-order valence-corrected chi connectivity index (χ2v) is 17.0. The van der Waals surface area contributed by atoms with Crippen LogP contribution < -0.4 is 0 Å². The molecule has 2 amide bonds. The molecule has 2 unspecified atom stereocenters. The average molecular weight is 918 g/mol. The van der Waals surface area contributed by atoms with E-state index in [1.807, 2.05) is 36.7 Å². The molecule has 0 bridgehead atoms. The van der Waals surface area contributed by atoms with Gasteiger partial charge in [0, 0.05) is 145 Å². The zero-order valence-electron chi connectivity index (χ0n) is 37.6. The summed E-state index contributed by atoms with van der Waals surface area (Å²) < 4.78 is 43.7. The number of nitrogens with zero attached hydrogens (tertiary/aromatic N) is 6. The van der Waals surface area contributed by atoms with Crippen molar-refractivity contribution in [3.05, 3.63) is 150 Å². The summed E-state index contributed by atoms with van der Waals surface area (Å²) in [4.78, 5) is 53.5. The van der Waals surface area contributed by atoms with Crippen LogP contribution in [0.1, 0.15) is 52.5 Å². The van der Waals surface area contributed by atoms with Gasteiger partial charge in [0.25, 0.3) is 11.8 Å². The third kappa shape index (κ3) is 8.39. The van der Waals surface area contributed by atoms with E-state index in [0.29, 0.717) is 16.7 Å². The number of benzene rings is 2. The van der Waals surface area contributed by atoms with Crippen LogP contribution in [0.3, 0.4) is 0 Å². The van der Waals surface area contributed by atoms with Crippen LogP contribution in [-0.4, -0.2) is 94.9 Å². The smallest absolute Gasteiger partial charge is 0.378 e. The van der Waals surface area contributed by atoms with Gasteiger partial charge in [0.2, 0.25) is 0 Å². The van der Waals surface area contributed by atoms with Crippen LogP contribution in [0, 0.1) is 0 Å². The molecule has 13 nitrogen and oxygen atoms in total. The Bertz CT molecular complexity index is 3420. The SMILES string of the molecule is CCc1c(-c2cncc(C(O)C(=O)N(C)C)c2)cnc2[nH]cc(-c3ccc4c(c3)C=CC4)c12.CN(C)C(=O)C(O)c1cncc(-c2cnc3[nH]cc(-c4ccc5[nH]ccc5c4)c3c2C(F)(F)F)c1. The summed E-state index contributed by atoms with van der Waals surface area (Å²) in [6.45, 7) is 2.13. The van der Waals surface area contributed by atoms with E-state index in [4.69, 9.17) is 0 Å². The predicted octanol–water partition coefficient (Wildman–Crippen LogP) is 9.46. The number of amides is 2. The Hall–Kier alpha value is -7.95. The first-order valence-corrected chi connectivity index (χ1v) is 21.8. The lowest BCUT2D eigenvalue weighted by Gasteiger charge is -2.18. The molecule has 68 heavy (non-hydrogen) atoms. The molecule has 0 fully saturated rings. The highest BCUT2D eigenvalue weighted by Crippen LogP contribution is 2.45. The van der Waals surface area contributed by atoms with Gasteiger partial charge in [0.1, 0.15) is 11.3 Å². The number of H-pyrrole nitrogens is 3. The van der Waals surface area contributed by atoms with Gasteiger partial charge in [-0.1, -0.05) is 37.3 Å². The minimum atomic E-state index is -4.72. The van der Waals surface area contributed by atoms with Crippen molar-refractivity contribution in [3.8, 4) is 44.5 Å². The summed E-state index contributed by atoms with van der Waals surface area (Å²) in [6, 6.07) is 17.0. The number of hydrogen-bond acceptors (Lipinski definition) is 8. The highest BCUT2D eigenvalue weighted by Gasteiger charge is 2.38. The van der Waals surface area contributed by atoms with Crippen molar-refractivity contribution >= 4 is 50.9 Å². The van der Waals surface area contributed by atoms with Crippen molar-refractivity contribution in [3.63, 3.8) is 0 Å². The summed E-state index contributed by atoms with van der Waals surface area (Å²) in [6.07, 6.45) is 12.7. The van der Waals surface area contributed by atoms with Crippen LogP contribution in [0.25, 0.3) is 83.6 Å². The maximum absolute atomic E-state index is 14.6. The van der Waals surface area contributed by atoms with E-state index in [-0.39, 0.29) is 33.6 Å². The maximum atomic E-state index is 14.6. The molecule has 0 aliphatic heterocycles. The van der Waals surface area contributed by atoms with Crippen molar-refractivity contribution < 1.29 is 33.0 Å². The first-order chi connectivity index (χ1) is 32.6. The number of halogens is 3. The number of allylic oxidation sites excluding steroid dienone is 1. The third-order valence-corrected chi connectivity index (χ3v) is 12.2. The van der Waals surface area contributed by atoms with Gasteiger partial charge in [-0.05, 0) is 82.4 Å². The third-order valence-electron chi connectivity index (χ3n) is 12.2. The molecule has 2 aromatic carbocycles. The topological polar surface area (TPSA) is 180 Å². The summed E-state index contributed by atoms with van der Waals surface area (Å²) in [5.74, 6) is -0.988. The van der Waals surface area contributed by atoms with Gasteiger partial charge >= 0.3 is 6.18 Å². The Labute approximate surface area is 388 Å². The Morgan fingerprint density at radius 3 is 1.87 bits per heavy atom. The molecular weight excluding hydrogens is 872 g/mol. The fraction of sp³-hybridized carbons (Fsp3) is 0.192. The Morgan fingerprint density at radius 1 is 0.676 bits per heavy atom. The second-order valence-electron chi connectivity index (χ2n) is 17.0. The van der Waals surface area contributed by atoms with Gasteiger partial charge in [-0.3, -0.25) is 19.6 Å². The van der Waals surface area contributed by atoms with Gasteiger partial charge in [-0.15, -0.1) is 0 Å². The Kier molecular flexibility index (Phi) is 12.0. The van der Waals surface area contributed by atoms with Crippen molar-refractivity contribution in [1.82, 2.24) is 44.7 Å². The molecule has 7 heterocycles. The number of nitrogens with one attached hydrogen (secondary N) is 3. The van der Waals surface area contributed by atoms with Crippen LogP contribution in [0.15, 0.2) is 116 Å². The fourth-order valence-corrected chi connectivity index (χ4v) is 8.76. The molecule has 9 aromatic rings. The summed E-state index contributed by atoms with van der Waals surface area (Å²) in [5.41, 5.74) is 10.1. The van der Waals surface area contributed by atoms with Gasteiger partial charge in [0.15, 0.2) is 12.2 Å². The highest BCUT2D eigenvalue weighted by atomic mass is 19.4. The van der Waals surface area contributed by atoms with E-state index < -0.39 is 29.9 Å². The monoisotopic (exact) mass is 917 g/mol. The summed E-state index contributed by atoms with van der Waals surface area (Å²) >= 11 is 0. The average Bonchev–Trinajstić information content (AvgIpc) is 4.18. The number of rotatable bonds is 9. The number of aryl methyl sites for hydroxylation is 1. The van der Waals surface area contributed by atoms with Gasteiger partial charge in [-0.25, -0.2) is 9.97 Å². The molecular formula is C52H46F3N9O4. The van der Waals surface area contributed by atoms with Crippen molar-refractivity contribution in [2.24, 2.45) is 0 Å². The molecule has 1 aliphatic carbocycles. The summed E-state index contributed by atoms with van der Waals surface area (Å²) in [7, 11) is 6.19. The first-order valence-electron chi connectivity index (χ1n) is 21.8. The van der Waals surface area contributed by atoms with E-state index in [0.717, 1.165) is 68.8 Å². The lowest BCUT2D eigenvalue weighted by atomic mass is 9.93. The molecule has 0 radical (unpaired) electrons. The van der Waals surface area contributed by atoms with Crippen LogP contribution in [-0.2, 0) is 28.6 Å². The first kappa shape index (κ1) is 45.2. The molecule has 0 spiro atoms. The molecule has 0 saturated carbocycles. The van der Waals surface area contributed by atoms with Gasteiger partial charge in [0.05, 0.1) is 5.56 Å². The van der Waals surface area contributed by atoms with Gasteiger partial charge in [-0.2, -0.15) is 13.2 Å². The van der Waals surface area contributed by atoms with E-state index in [1.165, 1.54) is 65.9 Å². The largest absolute Gasteiger partial charge is 0.417 e. The molecule has 1 aliphatic rings. The zero-order valence-corrected chi connectivity index (χ0v) is 37.6. The predicted molar refractivity (Wildman–Crippen MR) is 256 cm³/mol. The van der Waals surface area contributed by atoms with Gasteiger partial charge < -0.3 is 35.0 Å². The molecule has 10 rings (SSSR count). The second kappa shape index (κ2) is 18.0. The molecule has 7 aromatic heterocycles. The molecule has 344 valence electrons. The van der Waals surface area contributed by atoms with Crippen molar-refractivity contribution in [2.45, 2.75) is 38.1 Å². The number of likely N-dealkylation sites (N-methyl/N-ethyl adjacent to an activating group) is 2. The number of aliphatic hydroxyl groups excluding tert-OH is 2. The maximum Gasteiger partial charge on any atom is 0.417 e. The molecule has 5 N–H and O–H groups in total. The molecule has 0 saturated heterocycles. The number of aliphatic hydroxyl groups is 2. The number of carbonyl (C=O) groups is 2. The normalized spacial score (nSPS) is 13.1. The fourth-order valence-electron chi connectivity index (χ4n) is 8.76. The van der Waals surface area contributed by atoms with E-state index >= 15 is 0 Å². The highest BCUT2D eigenvalue weighted by molar-refractivity contribution is 6.02. The van der Waals surface area contributed by atoms with E-state index in [9.17, 15) is 33.0 Å². The van der Waals surface area contributed by atoms with Crippen LogP contribution in [0.2, 0.25) is 0 Å². The minimum Gasteiger partial charge on any atom is -0.378 e. The molecule has 2 atom stereocenters. The van der Waals surface area contributed by atoms with E-state index in [1.54, 1.807) is 32.6 Å². The number of pyridine rings is 4. The molecule has 16 heteroatoms. The van der Waals surface area contributed by atoms with E-state index in [2.05, 4.69) is 72.2 Å². The zero-order chi connectivity index (χ0) is 48.0. The lowest BCUT2D eigenvalue weighted by molar-refractivity contribution is -0.138. The Morgan fingerprint density at radius 2 is 1.25 bits per heavy atom. The number of fused-ring (bicyclic) bond motifs is 4. The van der Waals surface area contributed by atoms with Crippen molar-refractivity contribution in [1.29, 1.82) is 0 Å². The van der Waals surface area contributed by atoms with Crippen LogP contribution in [0.5, 0.6) is 0 Å². The number of carbonyl (C=O) groups excluding carboxylic acids is 2. The minimum absolute atomic E-state index is 0.0693. The number of hydrogen-bond donors (Lipinski definition) is 5. The van der Waals surface area contributed by atoms with Crippen molar-refractivity contribution in [2.75, 3.05) is 28.2 Å². The number of aromatic nitrogens is 7. The van der Waals surface area contributed by atoms with Crippen LogP contribution in [0.4, 0.5) is 13.2 Å². The number of alkyl halides is 3.